The Hall–Kier alpha value is -3.48. The molecule has 2 aromatic heterocycles. The zero-order chi connectivity index (χ0) is 18.1. The number of carbonyl (C=O) groups is 2. The minimum absolute atomic E-state index is 0.151. The van der Waals surface area contributed by atoms with E-state index in [0.717, 1.165) is 16.5 Å². The minimum Gasteiger partial charge on any atom is -0.359 e. The van der Waals surface area contributed by atoms with Crippen molar-refractivity contribution in [3.8, 4) is 0 Å². The Balaban J connectivity index is 1.53. The number of pyridine rings is 2. The summed E-state index contributed by atoms with van der Waals surface area (Å²) in [5.41, 5.74) is 2.89. The maximum Gasteiger partial charge on any atom is 0.255 e. The smallest absolute Gasteiger partial charge is 0.255 e. The van der Waals surface area contributed by atoms with Gasteiger partial charge in [0, 0.05) is 31.4 Å². The van der Waals surface area contributed by atoms with Gasteiger partial charge in [-0.1, -0.05) is 12.1 Å². The van der Waals surface area contributed by atoms with Gasteiger partial charge in [0.2, 0.25) is 5.91 Å². The molecule has 1 aliphatic rings. The molecule has 26 heavy (non-hydrogen) atoms. The molecule has 130 valence electrons. The van der Waals surface area contributed by atoms with Crippen molar-refractivity contribution in [2.24, 2.45) is 0 Å². The van der Waals surface area contributed by atoms with E-state index in [4.69, 9.17) is 0 Å². The normalized spacial score (nSPS) is 12.9. The Kier molecular flexibility index (Phi) is 3.96. The molecule has 0 aliphatic carbocycles. The number of carbonyl (C=O) groups excluding carboxylic acids is 2. The lowest BCUT2D eigenvalue weighted by molar-refractivity contribution is -0.114. The molecular formula is C19H17N5O2. The van der Waals surface area contributed by atoms with Crippen molar-refractivity contribution < 1.29 is 9.59 Å². The Labute approximate surface area is 150 Å². The summed E-state index contributed by atoms with van der Waals surface area (Å²) < 4.78 is 0. The van der Waals surface area contributed by atoms with Crippen molar-refractivity contribution >= 4 is 34.2 Å². The van der Waals surface area contributed by atoms with E-state index in [2.05, 4.69) is 20.6 Å². The van der Waals surface area contributed by atoms with E-state index in [0.29, 0.717) is 23.6 Å². The second kappa shape index (κ2) is 6.44. The highest BCUT2D eigenvalue weighted by Crippen LogP contribution is 2.24. The molecule has 0 atom stereocenters. The Morgan fingerprint density at radius 2 is 2.12 bits per heavy atom. The molecule has 7 nitrogen and oxygen atoms in total. The van der Waals surface area contributed by atoms with Gasteiger partial charge in [-0.25, -0.2) is 4.98 Å². The second-order valence-electron chi connectivity index (χ2n) is 6.21. The molecule has 1 aliphatic heterocycles. The highest BCUT2D eigenvalue weighted by Gasteiger charge is 2.19. The number of benzene rings is 1. The average Bonchev–Trinajstić information content (AvgIpc) is 2.66. The van der Waals surface area contributed by atoms with Crippen LogP contribution in [0.3, 0.4) is 0 Å². The van der Waals surface area contributed by atoms with Crippen LogP contribution in [-0.2, 0) is 11.3 Å². The summed E-state index contributed by atoms with van der Waals surface area (Å²) in [6.45, 7) is 0.648. The number of anilines is 2. The zero-order valence-electron chi connectivity index (χ0n) is 14.2. The van der Waals surface area contributed by atoms with Crippen LogP contribution in [0.2, 0.25) is 0 Å². The largest absolute Gasteiger partial charge is 0.359 e. The van der Waals surface area contributed by atoms with Crippen molar-refractivity contribution in [1.29, 1.82) is 0 Å². The summed E-state index contributed by atoms with van der Waals surface area (Å²) in [5.74, 6) is 0.263. The SMILES string of the molecule is CN(Cc1ccc2ncccc2c1)C(=O)c1cnc2c(c1)NC(=O)CN2. The Morgan fingerprint density at radius 3 is 3.00 bits per heavy atom. The monoisotopic (exact) mass is 347 g/mol. The van der Waals surface area contributed by atoms with Crippen LogP contribution in [0.15, 0.2) is 48.8 Å². The number of aromatic nitrogens is 2. The van der Waals surface area contributed by atoms with Gasteiger partial charge in [0.15, 0.2) is 0 Å². The summed E-state index contributed by atoms with van der Waals surface area (Å²) in [6, 6.07) is 11.5. The first-order chi connectivity index (χ1) is 12.6. The van der Waals surface area contributed by atoms with Gasteiger partial charge in [-0.05, 0) is 29.8 Å². The van der Waals surface area contributed by atoms with Crippen LogP contribution in [0.25, 0.3) is 10.9 Å². The van der Waals surface area contributed by atoms with Crippen LogP contribution in [-0.4, -0.2) is 40.3 Å². The van der Waals surface area contributed by atoms with E-state index in [1.165, 1.54) is 6.20 Å². The van der Waals surface area contributed by atoms with E-state index in [1.807, 2.05) is 30.3 Å². The average molecular weight is 347 g/mol. The molecule has 3 heterocycles. The number of rotatable bonds is 3. The van der Waals surface area contributed by atoms with Gasteiger partial charge < -0.3 is 15.5 Å². The number of fused-ring (bicyclic) bond motifs is 2. The summed E-state index contributed by atoms with van der Waals surface area (Å²) in [5, 5.41) is 6.67. The van der Waals surface area contributed by atoms with E-state index in [-0.39, 0.29) is 18.4 Å². The van der Waals surface area contributed by atoms with E-state index < -0.39 is 0 Å². The molecule has 4 rings (SSSR count). The lowest BCUT2D eigenvalue weighted by atomic mass is 10.1. The van der Waals surface area contributed by atoms with E-state index >= 15 is 0 Å². The maximum atomic E-state index is 12.7. The predicted molar refractivity (Wildman–Crippen MR) is 98.9 cm³/mol. The molecule has 0 unspecified atom stereocenters. The number of nitrogens with zero attached hydrogens (tertiary/aromatic N) is 3. The Bertz CT molecular complexity index is 1020. The fourth-order valence-corrected chi connectivity index (χ4v) is 2.97. The predicted octanol–water partition coefficient (Wildman–Crippen LogP) is 2.27. The van der Waals surface area contributed by atoms with Gasteiger partial charge in [0.1, 0.15) is 5.82 Å². The molecule has 2 amide bonds. The van der Waals surface area contributed by atoms with Gasteiger partial charge in [-0.15, -0.1) is 0 Å². The topological polar surface area (TPSA) is 87.2 Å². The summed E-state index contributed by atoms with van der Waals surface area (Å²) in [4.78, 5) is 34.4. The van der Waals surface area contributed by atoms with Crippen molar-refractivity contribution in [1.82, 2.24) is 14.9 Å². The first kappa shape index (κ1) is 16.0. The first-order valence-corrected chi connectivity index (χ1v) is 8.23. The lowest BCUT2D eigenvalue weighted by Crippen LogP contribution is -2.30. The third-order valence-electron chi connectivity index (χ3n) is 4.26. The second-order valence-corrected chi connectivity index (χ2v) is 6.21. The molecular weight excluding hydrogens is 330 g/mol. The molecule has 3 aromatic rings. The zero-order valence-corrected chi connectivity index (χ0v) is 14.2. The molecule has 7 heteroatoms. The quantitative estimate of drug-likeness (QED) is 0.759. The maximum absolute atomic E-state index is 12.7. The van der Waals surface area contributed by atoms with Crippen LogP contribution in [0.1, 0.15) is 15.9 Å². The van der Waals surface area contributed by atoms with Crippen LogP contribution in [0.5, 0.6) is 0 Å². The van der Waals surface area contributed by atoms with Gasteiger partial charge in [0.25, 0.3) is 5.91 Å². The van der Waals surface area contributed by atoms with Gasteiger partial charge >= 0.3 is 0 Å². The van der Waals surface area contributed by atoms with Crippen molar-refractivity contribution in [3.63, 3.8) is 0 Å². The summed E-state index contributed by atoms with van der Waals surface area (Å²) in [6.07, 6.45) is 3.28. The third kappa shape index (κ3) is 3.06. The minimum atomic E-state index is -0.161. The number of nitrogens with one attached hydrogen (secondary N) is 2. The van der Waals surface area contributed by atoms with Crippen molar-refractivity contribution in [2.75, 3.05) is 24.2 Å². The fraction of sp³-hybridized carbons (Fsp3) is 0.158. The highest BCUT2D eigenvalue weighted by atomic mass is 16.2. The molecule has 0 bridgehead atoms. The number of hydrogen-bond acceptors (Lipinski definition) is 5. The van der Waals surface area contributed by atoms with Crippen LogP contribution >= 0.6 is 0 Å². The van der Waals surface area contributed by atoms with Crippen molar-refractivity contribution in [2.45, 2.75) is 6.54 Å². The lowest BCUT2D eigenvalue weighted by Gasteiger charge is -2.20. The summed E-state index contributed by atoms with van der Waals surface area (Å²) >= 11 is 0. The fourth-order valence-electron chi connectivity index (χ4n) is 2.97. The molecule has 0 fully saturated rings. The van der Waals surface area contributed by atoms with Gasteiger partial charge in [-0.3, -0.25) is 14.6 Å². The number of hydrogen-bond donors (Lipinski definition) is 2. The van der Waals surface area contributed by atoms with Crippen LogP contribution in [0.4, 0.5) is 11.5 Å². The van der Waals surface area contributed by atoms with Crippen molar-refractivity contribution in [3.05, 3.63) is 59.9 Å². The molecule has 0 radical (unpaired) electrons. The third-order valence-corrected chi connectivity index (χ3v) is 4.26. The van der Waals surface area contributed by atoms with Gasteiger partial charge in [-0.2, -0.15) is 0 Å². The Morgan fingerprint density at radius 1 is 1.23 bits per heavy atom. The molecule has 2 N–H and O–H groups in total. The summed E-state index contributed by atoms with van der Waals surface area (Å²) in [7, 11) is 1.74. The highest BCUT2D eigenvalue weighted by molar-refractivity contribution is 6.02. The molecule has 1 aromatic carbocycles. The first-order valence-electron chi connectivity index (χ1n) is 8.23. The van der Waals surface area contributed by atoms with E-state index in [1.54, 1.807) is 24.2 Å². The standard InChI is InChI=1S/C19H17N5O2/c1-24(11-12-4-5-15-13(7-12)3-2-6-20-15)19(26)14-8-16-18(21-9-14)22-10-17(25)23-16/h2-9H,10-11H2,1H3,(H,21,22)(H,23,25). The molecule has 0 spiro atoms. The molecule has 0 saturated carbocycles. The van der Waals surface area contributed by atoms with Gasteiger partial charge in [0.05, 0.1) is 23.3 Å². The van der Waals surface area contributed by atoms with Crippen LogP contribution in [0, 0.1) is 0 Å². The van der Waals surface area contributed by atoms with E-state index in [9.17, 15) is 9.59 Å². The van der Waals surface area contributed by atoms with Crippen LogP contribution < -0.4 is 10.6 Å². The number of amides is 2. The molecule has 0 saturated heterocycles.